The number of hydrogen-bond donors (Lipinski definition) is 2. The summed E-state index contributed by atoms with van der Waals surface area (Å²) in [6, 6.07) is 5.42. The number of aromatic nitrogens is 2. The van der Waals surface area contributed by atoms with Crippen LogP contribution in [-0.2, 0) is 17.8 Å². The molecule has 2 aromatic rings. The molecule has 166 valence electrons. The molecule has 0 aliphatic carbocycles. The zero-order valence-corrected chi connectivity index (χ0v) is 18.1. The Kier molecular flexibility index (Phi) is 5.47. The highest BCUT2D eigenvalue weighted by molar-refractivity contribution is 5.78. The number of nitrogens with one attached hydrogen (secondary N) is 2. The zero-order valence-electron chi connectivity index (χ0n) is 18.1. The van der Waals surface area contributed by atoms with Crippen LogP contribution in [0, 0.1) is 10.1 Å². The van der Waals surface area contributed by atoms with Crippen molar-refractivity contribution in [2.24, 2.45) is 0 Å². The fourth-order valence-electron chi connectivity index (χ4n) is 4.08. The molecule has 0 bridgehead atoms. The lowest BCUT2D eigenvalue weighted by Crippen LogP contribution is -2.44. The molecule has 0 saturated carbocycles. The van der Waals surface area contributed by atoms with Crippen molar-refractivity contribution >= 4 is 23.2 Å². The lowest BCUT2D eigenvalue weighted by atomic mass is 10.0. The van der Waals surface area contributed by atoms with E-state index in [2.05, 4.69) is 15.5 Å². The number of piperidine rings is 1. The van der Waals surface area contributed by atoms with Gasteiger partial charge in [-0.15, -0.1) is 0 Å². The molecule has 0 atom stereocenters. The topological polar surface area (TPSA) is 117 Å². The highest BCUT2D eigenvalue weighted by Crippen LogP contribution is 2.39. The van der Waals surface area contributed by atoms with Gasteiger partial charge in [-0.2, -0.15) is 5.10 Å². The largest absolute Gasteiger partial charge is 0.444 e. The average Bonchev–Trinajstić information content (AvgIpc) is 3.29. The number of anilines is 2. The van der Waals surface area contributed by atoms with Gasteiger partial charge >= 0.3 is 11.8 Å². The van der Waals surface area contributed by atoms with Gasteiger partial charge in [-0.25, -0.2) is 4.79 Å². The Balaban J connectivity index is 1.44. The lowest BCUT2D eigenvalue weighted by molar-refractivity contribution is -0.383. The van der Waals surface area contributed by atoms with Crippen molar-refractivity contribution in [1.82, 2.24) is 15.1 Å². The molecule has 1 aromatic heterocycles. The summed E-state index contributed by atoms with van der Waals surface area (Å²) in [5, 5.41) is 22.3. The Morgan fingerprint density at radius 3 is 2.68 bits per heavy atom. The van der Waals surface area contributed by atoms with E-state index in [-0.39, 0.29) is 22.7 Å². The number of nitro benzene ring substituents is 1. The molecule has 31 heavy (non-hydrogen) atoms. The minimum absolute atomic E-state index is 0.0446. The van der Waals surface area contributed by atoms with Crippen LogP contribution < -0.4 is 10.2 Å². The maximum atomic E-state index is 12.3. The van der Waals surface area contributed by atoms with E-state index in [9.17, 15) is 14.9 Å². The maximum absolute atomic E-state index is 12.3. The molecule has 0 spiro atoms. The fraction of sp³-hybridized carbons (Fsp3) is 0.524. The van der Waals surface area contributed by atoms with E-state index in [1.807, 2.05) is 31.7 Å². The summed E-state index contributed by atoms with van der Waals surface area (Å²) in [6.07, 6.45) is 2.84. The Hall–Kier alpha value is -3.30. The Labute approximate surface area is 180 Å². The monoisotopic (exact) mass is 428 g/mol. The van der Waals surface area contributed by atoms with Gasteiger partial charge in [0.15, 0.2) is 0 Å². The standard InChI is InChI=1S/C21H28N6O4/c1-21(2,3)31-20(28)25-9-7-15(8-10-25)23-16-5-4-6-18(19(16)27(29)30)26-12-14-11-22-24-17(14)13-26/h4-6,11,15,23H,7-10,12-13H2,1-3H3,(H,22,24). The molecular weight excluding hydrogens is 400 g/mol. The van der Waals surface area contributed by atoms with Gasteiger partial charge in [0, 0.05) is 31.2 Å². The third kappa shape index (κ3) is 4.57. The van der Waals surface area contributed by atoms with Crippen molar-refractivity contribution in [3.8, 4) is 0 Å². The predicted octanol–water partition coefficient (Wildman–Crippen LogP) is 3.65. The van der Waals surface area contributed by atoms with Crippen LogP contribution in [0.1, 0.15) is 44.9 Å². The quantitative estimate of drug-likeness (QED) is 0.564. The van der Waals surface area contributed by atoms with Crippen LogP contribution >= 0.6 is 0 Å². The minimum Gasteiger partial charge on any atom is -0.444 e. The van der Waals surface area contributed by atoms with Gasteiger partial charge in [0.05, 0.1) is 23.4 Å². The fourth-order valence-corrected chi connectivity index (χ4v) is 4.08. The summed E-state index contributed by atoms with van der Waals surface area (Å²) < 4.78 is 5.44. The summed E-state index contributed by atoms with van der Waals surface area (Å²) in [5.74, 6) is 0. The number of nitrogens with zero attached hydrogens (tertiary/aromatic N) is 4. The van der Waals surface area contributed by atoms with E-state index in [0.29, 0.717) is 50.4 Å². The van der Waals surface area contributed by atoms with Crippen molar-refractivity contribution in [3.05, 3.63) is 45.8 Å². The van der Waals surface area contributed by atoms with E-state index in [0.717, 1.165) is 11.3 Å². The smallest absolute Gasteiger partial charge is 0.410 e. The number of rotatable bonds is 4. The number of carbonyl (C=O) groups excluding carboxylic acids is 1. The van der Waals surface area contributed by atoms with Gasteiger partial charge in [0.2, 0.25) is 0 Å². The summed E-state index contributed by atoms with van der Waals surface area (Å²) in [4.78, 5) is 27.6. The van der Waals surface area contributed by atoms with Crippen molar-refractivity contribution in [1.29, 1.82) is 0 Å². The third-order valence-electron chi connectivity index (χ3n) is 5.56. The lowest BCUT2D eigenvalue weighted by Gasteiger charge is -2.34. The number of likely N-dealkylation sites (tertiary alicyclic amines) is 1. The number of ether oxygens (including phenoxy) is 1. The second-order valence-electron chi connectivity index (χ2n) is 9.05. The van der Waals surface area contributed by atoms with Crippen LogP contribution in [-0.4, -0.2) is 50.8 Å². The number of hydrogen-bond acceptors (Lipinski definition) is 7. The molecule has 2 aliphatic heterocycles. The molecule has 1 saturated heterocycles. The van der Waals surface area contributed by atoms with Crippen LogP contribution in [0.4, 0.5) is 21.9 Å². The first kappa shape index (κ1) is 21.0. The van der Waals surface area contributed by atoms with Crippen molar-refractivity contribution in [3.63, 3.8) is 0 Å². The molecule has 10 heteroatoms. The number of carbonyl (C=O) groups is 1. The second kappa shape index (κ2) is 8.09. The van der Waals surface area contributed by atoms with Gasteiger partial charge < -0.3 is 19.9 Å². The van der Waals surface area contributed by atoms with Crippen LogP contribution in [0.2, 0.25) is 0 Å². The first-order valence-corrected chi connectivity index (χ1v) is 10.5. The Bertz CT molecular complexity index is 954. The van der Waals surface area contributed by atoms with Crippen LogP contribution in [0.3, 0.4) is 0 Å². The average molecular weight is 428 g/mol. The van der Waals surface area contributed by atoms with Gasteiger partial charge in [-0.05, 0) is 45.7 Å². The molecule has 2 N–H and O–H groups in total. The predicted molar refractivity (Wildman–Crippen MR) is 116 cm³/mol. The van der Waals surface area contributed by atoms with Crippen molar-refractivity contribution < 1.29 is 14.5 Å². The van der Waals surface area contributed by atoms with E-state index in [1.165, 1.54) is 0 Å². The number of amides is 1. The Morgan fingerprint density at radius 2 is 2.03 bits per heavy atom. The molecule has 0 radical (unpaired) electrons. The zero-order chi connectivity index (χ0) is 22.2. The highest BCUT2D eigenvalue weighted by atomic mass is 16.6. The van der Waals surface area contributed by atoms with Crippen molar-refractivity contribution in [2.75, 3.05) is 23.3 Å². The number of H-pyrrole nitrogens is 1. The third-order valence-corrected chi connectivity index (χ3v) is 5.56. The molecule has 1 amide bonds. The summed E-state index contributed by atoms with van der Waals surface area (Å²) in [7, 11) is 0. The molecule has 1 aromatic carbocycles. The minimum atomic E-state index is -0.529. The molecule has 3 heterocycles. The van der Waals surface area contributed by atoms with E-state index < -0.39 is 5.60 Å². The number of nitro groups is 1. The molecule has 4 rings (SSSR count). The first-order chi connectivity index (χ1) is 14.7. The van der Waals surface area contributed by atoms with E-state index >= 15 is 0 Å². The van der Waals surface area contributed by atoms with Crippen LogP contribution in [0.15, 0.2) is 24.4 Å². The second-order valence-corrected chi connectivity index (χ2v) is 9.05. The van der Waals surface area contributed by atoms with Crippen molar-refractivity contribution in [2.45, 2.75) is 58.3 Å². The molecule has 1 fully saturated rings. The summed E-state index contributed by atoms with van der Waals surface area (Å²) in [5.41, 5.74) is 2.69. The molecule has 10 nitrogen and oxygen atoms in total. The van der Waals surface area contributed by atoms with Gasteiger partial charge in [0.25, 0.3) is 0 Å². The van der Waals surface area contributed by atoms with Crippen LogP contribution in [0.25, 0.3) is 0 Å². The van der Waals surface area contributed by atoms with Gasteiger partial charge in [-0.1, -0.05) is 6.07 Å². The number of para-hydroxylation sites is 1. The van der Waals surface area contributed by atoms with E-state index in [4.69, 9.17) is 4.74 Å². The molecule has 2 aliphatic rings. The Morgan fingerprint density at radius 1 is 1.29 bits per heavy atom. The number of aromatic amines is 1. The summed E-state index contributed by atoms with van der Waals surface area (Å²) >= 11 is 0. The highest BCUT2D eigenvalue weighted by Gasteiger charge is 2.31. The molecule has 0 unspecified atom stereocenters. The van der Waals surface area contributed by atoms with Gasteiger partial charge in [-0.3, -0.25) is 15.2 Å². The molecular formula is C21H28N6O4. The normalized spacial score (nSPS) is 16.9. The summed E-state index contributed by atoms with van der Waals surface area (Å²) in [6.45, 7) is 7.79. The maximum Gasteiger partial charge on any atom is 0.410 e. The number of benzene rings is 1. The first-order valence-electron chi connectivity index (χ1n) is 10.5. The van der Waals surface area contributed by atoms with E-state index in [1.54, 1.807) is 23.2 Å². The SMILES string of the molecule is CC(C)(C)OC(=O)N1CCC(Nc2cccc(N3Cc4cn[nH]c4C3)c2[N+](=O)[O-])CC1. The van der Waals surface area contributed by atoms with Crippen LogP contribution in [0.5, 0.6) is 0 Å². The number of fused-ring (bicyclic) bond motifs is 1. The van der Waals surface area contributed by atoms with Gasteiger partial charge in [0.1, 0.15) is 17.0 Å².